The van der Waals surface area contributed by atoms with Gasteiger partial charge in [-0.3, -0.25) is 0 Å². The third-order valence-corrected chi connectivity index (χ3v) is 3.16. The van der Waals surface area contributed by atoms with Crippen LogP contribution in [0.5, 0.6) is 0 Å². The van der Waals surface area contributed by atoms with E-state index in [0.29, 0.717) is 23.6 Å². The lowest BCUT2D eigenvalue weighted by atomic mass is 10.1. The fourth-order valence-electron chi connectivity index (χ4n) is 2.23. The normalized spacial score (nSPS) is 10.5. The molecule has 0 aliphatic rings. The molecule has 0 amide bonds. The quantitative estimate of drug-likeness (QED) is 0.883. The summed E-state index contributed by atoms with van der Waals surface area (Å²) in [4.78, 5) is 8.70. The second kappa shape index (κ2) is 6.52. The fraction of sp³-hybridized carbons (Fsp3) is 0.375. The molecule has 0 radical (unpaired) electrons. The average molecular weight is 288 g/mol. The molecule has 21 heavy (non-hydrogen) atoms. The zero-order valence-electron chi connectivity index (χ0n) is 12.9. The molecule has 1 aromatic heterocycles. The van der Waals surface area contributed by atoms with Crippen LogP contribution in [0.3, 0.4) is 0 Å². The van der Waals surface area contributed by atoms with Gasteiger partial charge < -0.3 is 10.6 Å². The SMILES string of the molecule is CCNc1nc(C)cc(NCc2cc(C)c(F)c(C)c2)n1. The number of hydrogen-bond acceptors (Lipinski definition) is 4. The Hall–Kier alpha value is -2.17. The average Bonchev–Trinajstić information content (AvgIpc) is 2.42. The number of nitrogens with zero attached hydrogens (tertiary/aromatic N) is 2. The highest BCUT2D eigenvalue weighted by Crippen LogP contribution is 2.16. The second-order valence-electron chi connectivity index (χ2n) is 5.15. The van der Waals surface area contributed by atoms with E-state index in [9.17, 15) is 4.39 Å². The molecule has 1 aromatic carbocycles. The summed E-state index contributed by atoms with van der Waals surface area (Å²) in [6, 6.07) is 5.60. The van der Waals surface area contributed by atoms with E-state index in [1.165, 1.54) is 0 Å². The van der Waals surface area contributed by atoms with Crippen LogP contribution in [-0.4, -0.2) is 16.5 Å². The molecular formula is C16H21FN4. The van der Waals surface area contributed by atoms with E-state index in [0.717, 1.165) is 23.6 Å². The summed E-state index contributed by atoms with van der Waals surface area (Å²) in [5.74, 6) is 1.25. The minimum Gasteiger partial charge on any atom is -0.366 e. The van der Waals surface area contributed by atoms with Crippen LogP contribution in [0.25, 0.3) is 0 Å². The van der Waals surface area contributed by atoms with E-state index < -0.39 is 0 Å². The maximum Gasteiger partial charge on any atom is 0.224 e. The molecule has 0 spiro atoms. The Labute approximate surface area is 124 Å². The molecule has 2 rings (SSSR count). The van der Waals surface area contributed by atoms with Crippen molar-refractivity contribution in [3.8, 4) is 0 Å². The molecule has 0 bridgehead atoms. The number of benzene rings is 1. The van der Waals surface area contributed by atoms with E-state index in [1.807, 2.05) is 32.0 Å². The van der Waals surface area contributed by atoms with Crippen LogP contribution in [0.1, 0.15) is 29.3 Å². The first-order valence-corrected chi connectivity index (χ1v) is 7.08. The summed E-state index contributed by atoms with van der Waals surface area (Å²) in [5.41, 5.74) is 3.26. The Morgan fingerprint density at radius 2 is 1.67 bits per heavy atom. The van der Waals surface area contributed by atoms with Gasteiger partial charge in [0.25, 0.3) is 0 Å². The number of hydrogen-bond donors (Lipinski definition) is 2. The van der Waals surface area contributed by atoms with Gasteiger partial charge in [-0.2, -0.15) is 4.98 Å². The second-order valence-corrected chi connectivity index (χ2v) is 5.15. The van der Waals surface area contributed by atoms with E-state index in [1.54, 1.807) is 13.8 Å². The fourth-order valence-corrected chi connectivity index (χ4v) is 2.23. The van der Waals surface area contributed by atoms with Crippen molar-refractivity contribution in [2.75, 3.05) is 17.2 Å². The van der Waals surface area contributed by atoms with Gasteiger partial charge in [0.15, 0.2) is 0 Å². The summed E-state index contributed by atoms with van der Waals surface area (Å²) in [7, 11) is 0. The van der Waals surface area contributed by atoms with Crippen LogP contribution in [0.2, 0.25) is 0 Å². The molecule has 0 saturated heterocycles. The maximum absolute atomic E-state index is 13.6. The highest BCUT2D eigenvalue weighted by atomic mass is 19.1. The molecule has 2 N–H and O–H groups in total. The Morgan fingerprint density at radius 1 is 1.00 bits per heavy atom. The van der Waals surface area contributed by atoms with Crippen molar-refractivity contribution in [1.29, 1.82) is 0 Å². The summed E-state index contributed by atoms with van der Waals surface area (Å²) in [5, 5.41) is 6.36. The first-order chi connectivity index (χ1) is 9.99. The van der Waals surface area contributed by atoms with Gasteiger partial charge in [0.1, 0.15) is 11.6 Å². The van der Waals surface area contributed by atoms with Gasteiger partial charge in [-0.1, -0.05) is 12.1 Å². The van der Waals surface area contributed by atoms with Crippen LogP contribution in [-0.2, 0) is 6.54 Å². The molecule has 1 heterocycles. The predicted octanol–water partition coefficient (Wildman–Crippen LogP) is 3.58. The number of halogens is 1. The van der Waals surface area contributed by atoms with Gasteiger partial charge in [0.2, 0.25) is 5.95 Å². The Balaban J connectivity index is 2.12. The molecule has 0 saturated carbocycles. The number of aryl methyl sites for hydroxylation is 3. The van der Waals surface area contributed by atoms with E-state index >= 15 is 0 Å². The minimum atomic E-state index is -0.133. The molecular weight excluding hydrogens is 267 g/mol. The Morgan fingerprint density at radius 3 is 2.29 bits per heavy atom. The van der Waals surface area contributed by atoms with Crippen LogP contribution < -0.4 is 10.6 Å². The Bertz CT molecular complexity index is 617. The van der Waals surface area contributed by atoms with Crippen molar-refractivity contribution >= 4 is 11.8 Å². The zero-order valence-corrected chi connectivity index (χ0v) is 12.9. The zero-order chi connectivity index (χ0) is 15.4. The summed E-state index contributed by atoms with van der Waals surface area (Å²) >= 11 is 0. The van der Waals surface area contributed by atoms with Crippen molar-refractivity contribution in [2.45, 2.75) is 34.2 Å². The van der Waals surface area contributed by atoms with Crippen molar-refractivity contribution in [3.05, 3.63) is 46.4 Å². The van der Waals surface area contributed by atoms with Gasteiger partial charge in [-0.15, -0.1) is 0 Å². The third-order valence-electron chi connectivity index (χ3n) is 3.16. The molecule has 112 valence electrons. The molecule has 0 fully saturated rings. The predicted molar refractivity (Wildman–Crippen MR) is 84.1 cm³/mol. The van der Waals surface area contributed by atoms with E-state index in [-0.39, 0.29) is 5.82 Å². The van der Waals surface area contributed by atoms with Crippen LogP contribution in [0.15, 0.2) is 18.2 Å². The minimum absolute atomic E-state index is 0.133. The topological polar surface area (TPSA) is 49.8 Å². The monoisotopic (exact) mass is 288 g/mol. The molecule has 4 nitrogen and oxygen atoms in total. The first kappa shape index (κ1) is 15.2. The van der Waals surface area contributed by atoms with Gasteiger partial charge in [0.05, 0.1) is 0 Å². The molecule has 2 aromatic rings. The van der Waals surface area contributed by atoms with Crippen molar-refractivity contribution in [1.82, 2.24) is 9.97 Å². The molecule has 0 aliphatic carbocycles. The standard InChI is InChI=1S/C16H21FN4/c1-5-18-16-20-12(4)8-14(21-16)19-9-13-6-10(2)15(17)11(3)7-13/h6-8H,5,9H2,1-4H3,(H2,18,19,20,21). The summed E-state index contributed by atoms with van der Waals surface area (Å²) in [6.45, 7) is 8.87. The third kappa shape index (κ3) is 3.90. The number of aromatic nitrogens is 2. The van der Waals surface area contributed by atoms with Crippen molar-refractivity contribution in [3.63, 3.8) is 0 Å². The first-order valence-electron chi connectivity index (χ1n) is 7.08. The highest BCUT2D eigenvalue weighted by molar-refractivity contribution is 5.43. The lowest BCUT2D eigenvalue weighted by molar-refractivity contribution is 0.608. The van der Waals surface area contributed by atoms with Gasteiger partial charge in [-0.25, -0.2) is 9.37 Å². The van der Waals surface area contributed by atoms with Gasteiger partial charge in [-0.05, 0) is 44.4 Å². The number of anilines is 2. The van der Waals surface area contributed by atoms with Crippen LogP contribution in [0.4, 0.5) is 16.2 Å². The highest BCUT2D eigenvalue weighted by Gasteiger charge is 2.05. The van der Waals surface area contributed by atoms with Gasteiger partial charge in [0, 0.05) is 24.8 Å². The molecule has 0 unspecified atom stereocenters. The largest absolute Gasteiger partial charge is 0.366 e. The van der Waals surface area contributed by atoms with Crippen molar-refractivity contribution in [2.24, 2.45) is 0 Å². The van der Waals surface area contributed by atoms with Gasteiger partial charge >= 0.3 is 0 Å². The lowest BCUT2D eigenvalue weighted by Crippen LogP contribution is -2.08. The van der Waals surface area contributed by atoms with E-state index in [2.05, 4.69) is 20.6 Å². The number of nitrogens with one attached hydrogen (secondary N) is 2. The Kier molecular flexibility index (Phi) is 4.73. The van der Waals surface area contributed by atoms with Crippen LogP contribution >= 0.6 is 0 Å². The summed E-state index contributed by atoms with van der Waals surface area (Å²) < 4.78 is 13.6. The smallest absolute Gasteiger partial charge is 0.224 e. The van der Waals surface area contributed by atoms with Crippen molar-refractivity contribution < 1.29 is 4.39 Å². The lowest BCUT2D eigenvalue weighted by Gasteiger charge is -2.11. The van der Waals surface area contributed by atoms with E-state index in [4.69, 9.17) is 0 Å². The number of rotatable bonds is 5. The maximum atomic E-state index is 13.6. The molecule has 0 aliphatic heterocycles. The summed E-state index contributed by atoms with van der Waals surface area (Å²) in [6.07, 6.45) is 0. The molecule has 0 atom stereocenters. The van der Waals surface area contributed by atoms with Crippen LogP contribution in [0, 0.1) is 26.6 Å². The molecule has 5 heteroatoms.